The summed E-state index contributed by atoms with van der Waals surface area (Å²) < 4.78 is 7.25. The second-order valence-electron chi connectivity index (χ2n) is 8.40. The number of rotatable bonds is 7. The van der Waals surface area contributed by atoms with E-state index in [4.69, 9.17) is 9.72 Å². The molecule has 0 spiro atoms. The molecule has 0 aliphatic rings. The summed E-state index contributed by atoms with van der Waals surface area (Å²) in [6, 6.07) is 26.6. The number of aromatic nitrogens is 3. The topological polar surface area (TPSA) is 57.0 Å². The first-order valence-corrected chi connectivity index (χ1v) is 11.9. The number of hydrogen-bond acceptors (Lipinski definition) is 4. The van der Waals surface area contributed by atoms with E-state index in [0.717, 1.165) is 45.3 Å². The molecule has 174 valence electrons. The fourth-order valence-corrected chi connectivity index (χ4v) is 4.56. The van der Waals surface area contributed by atoms with Gasteiger partial charge in [-0.3, -0.25) is 0 Å². The molecule has 1 atom stereocenters. The average Bonchev–Trinajstić information content (AvgIpc) is 3.31. The molecule has 3 aromatic heterocycles. The first kappa shape index (κ1) is 22.5. The second kappa shape index (κ2) is 9.94. The van der Waals surface area contributed by atoms with E-state index in [-0.39, 0.29) is 11.9 Å². The van der Waals surface area contributed by atoms with Crippen molar-refractivity contribution in [3.05, 3.63) is 114 Å². The molecule has 5 nitrogen and oxygen atoms in total. The molecular formula is C30H27N3O2. The Labute approximate surface area is 204 Å². The van der Waals surface area contributed by atoms with E-state index in [1.807, 2.05) is 60.2 Å². The number of pyridine rings is 2. The van der Waals surface area contributed by atoms with Crippen molar-refractivity contribution in [2.45, 2.75) is 26.2 Å². The third kappa shape index (κ3) is 4.58. The van der Waals surface area contributed by atoms with Gasteiger partial charge < -0.3 is 9.30 Å². The monoisotopic (exact) mass is 461 g/mol. The van der Waals surface area contributed by atoms with Gasteiger partial charge in [0.2, 0.25) is 0 Å². The fraction of sp³-hybridized carbons (Fsp3) is 0.167. The number of hydrogen-bond donors (Lipinski definition) is 0. The molecular weight excluding hydrogens is 434 g/mol. The molecule has 0 amide bonds. The molecule has 0 radical (unpaired) electrons. The molecule has 0 fully saturated rings. The molecule has 1 unspecified atom stereocenters. The van der Waals surface area contributed by atoms with Crippen molar-refractivity contribution in [3.8, 4) is 0 Å². The van der Waals surface area contributed by atoms with E-state index in [1.54, 1.807) is 12.3 Å². The summed E-state index contributed by atoms with van der Waals surface area (Å²) >= 11 is 0. The van der Waals surface area contributed by atoms with Crippen LogP contribution in [0.1, 0.15) is 43.0 Å². The first-order chi connectivity index (χ1) is 17.2. The van der Waals surface area contributed by atoms with Crippen LogP contribution in [0.5, 0.6) is 0 Å². The summed E-state index contributed by atoms with van der Waals surface area (Å²) in [6.07, 6.45) is 6.28. The molecule has 0 saturated carbocycles. The van der Waals surface area contributed by atoms with Crippen molar-refractivity contribution in [1.29, 1.82) is 0 Å². The Bertz CT molecular complexity index is 1520. The van der Waals surface area contributed by atoms with E-state index in [2.05, 4.69) is 48.3 Å². The Morgan fingerprint density at radius 3 is 2.63 bits per heavy atom. The zero-order chi connectivity index (χ0) is 24.2. The Balaban J connectivity index is 1.56. The van der Waals surface area contributed by atoms with Gasteiger partial charge in [0.15, 0.2) is 5.65 Å². The van der Waals surface area contributed by atoms with Crippen LogP contribution in [0.3, 0.4) is 0 Å². The van der Waals surface area contributed by atoms with Gasteiger partial charge in [-0.2, -0.15) is 0 Å². The third-order valence-electron chi connectivity index (χ3n) is 6.24. The third-order valence-corrected chi connectivity index (χ3v) is 6.24. The SMILES string of the molecule is CCOC(=O)C=C(c1ccccc1)n1ccc2cc(C(CC)c3ccc4cccnc4n3)ccc21. The van der Waals surface area contributed by atoms with E-state index in [0.29, 0.717) is 6.61 Å². The molecule has 5 aromatic rings. The maximum absolute atomic E-state index is 12.4. The van der Waals surface area contributed by atoms with Gasteiger partial charge in [-0.1, -0.05) is 43.3 Å². The second-order valence-corrected chi connectivity index (χ2v) is 8.40. The standard InChI is InChI=1S/C30H27N3O2/c1-3-25(26-14-12-22-11-8-17-31-30(22)32-26)23-13-15-27-24(19-23)16-18-33(27)28(20-29(34)35-4-2)21-9-6-5-7-10-21/h5-20,25H,3-4H2,1-2H3. The van der Waals surface area contributed by atoms with Gasteiger partial charge in [0.05, 0.1) is 23.5 Å². The molecule has 5 heteroatoms. The predicted octanol–water partition coefficient (Wildman–Crippen LogP) is 6.58. The van der Waals surface area contributed by atoms with E-state index < -0.39 is 0 Å². The zero-order valence-electron chi connectivity index (χ0n) is 19.9. The molecule has 0 saturated heterocycles. The molecule has 3 heterocycles. The number of ether oxygens (including phenoxy) is 1. The molecule has 0 N–H and O–H groups in total. The molecule has 0 aliphatic heterocycles. The molecule has 5 rings (SSSR count). The highest BCUT2D eigenvalue weighted by molar-refractivity contribution is 5.94. The van der Waals surface area contributed by atoms with Gasteiger partial charge in [0, 0.05) is 35.2 Å². The van der Waals surface area contributed by atoms with Crippen LogP contribution in [0.4, 0.5) is 0 Å². The highest BCUT2D eigenvalue weighted by atomic mass is 16.5. The van der Waals surface area contributed by atoms with Crippen molar-refractivity contribution in [2.75, 3.05) is 6.61 Å². The van der Waals surface area contributed by atoms with Gasteiger partial charge >= 0.3 is 5.97 Å². The molecule has 35 heavy (non-hydrogen) atoms. The number of esters is 1. The van der Waals surface area contributed by atoms with Crippen molar-refractivity contribution in [1.82, 2.24) is 14.5 Å². The van der Waals surface area contributed by atoms with Crippen molar-refractivity contribution < 1.29 is 9.53 Å². The number of fused-ring (bicyclic) bond motifs is 2. The quantitative estimate of drug-likeness (QED) is 0.203. The number of nitrogens with zero attached hydrogens (tertiary/aromatic N) is 3. The number of carbonyl (C=O) groups is 1. The zero-order valence-corrected chi connectivity index (χ0v) is 19.9. The number of carbonyl (C=O) groups excluding carboxylic acids is 1. The van der Waals surface area contributed by atoms with Crippen LogP contribution in [0.25, 0.3) is 27.6 Å². The first-order valence-electron chi connectivity index (χ1n) is 11.9. The lowest BCUT2D eigenvalue weighted by Crippen LogP contribution is -2.05. The fourth-order valence-electron chi connectivity index (χ4n) is 4.56. The lowest BCUT2D eigenvalue weighted by atomic mass is 9.91. The minimum atomic E-state index is -0.355. The van der Waals surface area contributed by atoms with Crippen molar-refractivity contribution in [2.24, 2.45) is 0 Å². The summed E-state index contributed by atoms with van der Waals surface area (Å²) in [4.78, 5) is 21.6. The largest absolute Gasteiger partial charge is 0.463 e. The van der Waals surface area contributed by atoms with Gasteiger partial charge in [-0.15, -0.1) is 0 Å². The normalized spacial score (nSPS) is 12.7. The van der Waals surface area contributed by atoms with E-state index >= 15 is 0 Å². The average molecular weight is 462 g/mol. The van der Waals surface area contributed by atoms with Gasteiger partial charge in [0.1, 0.15) is 0 Å². The van der Waals surface area contributed by atoms with Crippen LogP contribution >= 0.6 is 0 Å². The summed E-state index contributed by atoms with van der Waals surface area (Å²) in [7, 11) is 0. The maximum atomic E-state index is 12.4. The summed E-state index contributed by atoms with van der Waals surface area (Å²) in [5.74, 6) is -0.190. The van der Waals surface area contributed by atoms with E-state index in [9.17, 15) is 4.79 Å². The highest BCUT2D eigenvalue weighted by Gasteiger charge is 2.17. The van der Waals surface area contributed by atoms with Crippen LogP contribution < -0.4 is 0 Å². The lowest BCUT2D eigenvalue weighted by molar-refractivity contribution is -0.137. The Morgan fingerprint density at radius 2 is 1.83 bits per heavy atom. The van der Waals surface area contributed by atoms with Crippen LogP contribution in [-0.2, 0) is 9.53 Å². The van der Waals surface area contributed by atoms with E-state index in [1.165, 1.54) is 5.56 Å². The summed E-state index contributed by atoms with van der Waals surface area (Å²) in [5.41, 5.74) is 5.74. The van der Waals surface area contributed by atoms with Crippen LogP contribution in [-0.4, -0.2) is 27.1 Å². The Morgan fingerprint density at radius 1 is 0.971 bits per heavy atom. The molecule has 0 bridgehead atoms. The van der Waals surface area contributed by atoms with Crippen LogP contribution in [0, 0.1) is 0 Å². The van der Waals surface area contributed by atoms with Gasteiger partial charge in [0.25, 0.3) is 0 Å². The molecule has 0 aliphatic carbocycles. The minimum Gasteiger partial charge on any atom is -0.463 e. The smallest absolute Gasteiger partial charge is 0.332 e. The number of benzene rings is 2. The van der Waals surface area contributed by atoms with Gasteiger partial charge in [-0.25, -0.2) is 14.8 Å². The lowest BCUT2D eigenvalue weighted by Gasteiger charge is -2.16. The highest BCUT2D eigenvalue weighted by Crippen LogP contribution is 2.32. The summed E-state index contributed by atoms with van der Waals surface area (Å²) in [5, 5.41) is 2.14. The minimum absolute atomic E-state index is 0.165. The summed E-state index contributed by atoms with van der Waals surface area (Å²) in [6.45, 7) is 4.33. The Kier molecular flexibility index (Phi) is 6.40. The van der Waals surface area contributed by atoms with Crippen LogP contribution in [0.15, 0.2) is 97.3 Å². The Hall–Kier alpha value is -4.25. The van der Waals surface area contributed by atoms with Crippen LogP contribution in [0.2, 0.25) is 0 Å². The van der Waals surface area contributed by atoms with Crippen molar-refractivity contribution in [3.63, 3.8) is 0 Å². The maximum Gasteiger partial charge on any atom is 0.332 e. The molecule has 2 aromatic carbocycles. The van der Waals surface area contributed by atoms with Gasteiger partial charge in [-0.05, 0) is 66.9 Å². The predicted molar refractivity (Wildman–Crippen MR) is 140 cm³/mol. The van der Waals surface area contributed by atoms with Crippen molar-refractivity contribution >= 4 is 33.6 Å².